The van der Waals surface area contributed by atoms with Crippen molar-refractivity contribution in [1.29, 1.82) is 0 Å². The Kier molecular flexibility index (Phi) is 3.52. The summed E-state index contributed by atoms with van der Waals surface area (Å²) < 4.78 is 0. The zero-order chi connectivity index (χ0) is 8.27. The first-order chi connectivity index (χ1) is 5.29. The molecule has 1 rings (SSSR count). The molecule has 64 valence electrons. The summed E-state index contributed by atoms with van der Waals surface area (Å²) in [6.07, 6.45) is 1.11. The normalized spacial score (nSPS) is 30.7. The second kappa shape index (κ2) is 4.21. The molecule has 1 aliphatic rings. The van der Waals surface area contributed by atoms with E-state index in [-0.39, 0.29) is 5.92 Å². The fourth-order valence-corrected chi connectivity index (χ4v) is 2.05. The summed E-state index contributed by atoms with van der Waals surface area (Å²) in [4.78, 5) is 11.3. The first kappa shape index (κ1) is 9.20. The van der Waals surface area contributed by atoms with E-state index >= 15 is 0 Å². The van der Waals surface area contributed by atoms with Crippen LogP contribution in [0.2, 0.25) is 0 Å². The van der Waals surface area contributed by atoms with Crippen molar-refractivity contribution in [3.8, 4) is 0 Å². The summed E-state index contributed by atoms with van der Waals surface area (Å²) in [5.41, 5.74) is 0. The first-order valence-corrected chi connectivity index (χ1v) is 5.21. The van der Waals surface area contributed by atoms with E-state index in [1.165, 1.54) is 0 Å². The minimum atomic E-state index is 0.263. The van der Waals surface area contributed by atoms with Gasteiger partial charge in [0.25, 0.3) is 0 Å². The molecule has 2 atom stereocenters. The fourth-order valence-electron chi connectivity index (χ4n) is 1.64. The monoisotopic (exact) mass is 219 g/mol. The molecule has 0 amide bonds. The number of nitrogens with one attached hydrogen (secondary N) is 1. The zero-order valence-electron chi connectivity index (χ0n) is 6.77. The van der Waals surface area contributed by atoms with E-state index in [4.69, 9.17) is 0 Å². The topological polar surface area (TPSA) is 29.1 Å². The molecule has 2 nitrogen and oxygen atoms in total. The highest BCUT2D eigenvalue weighted by Gasteiger charge is 2.30. The Morgan fingerprint density at radius 1 is 1.64 bits per heavy atom. The quantitative estimate of drug-likeness (QED) is 0.724. The lowest BCUT2D eigenvalue weighted by Crippen LogP contribution is -2.23. The van der Waals surface area contributed by atoms with Gasteiger partial charge in [-0.2, -0.15) is 0 Å². The van der Waals surface area contributed by atoms with Crippen molar-refractivity contribution in [3.05, 3.63) is 0 Å². The predicted molar refractivity (Wildman–Crippen MR) is 48.9 cm³/mol. The van der Waals surface area contributed by atoms with Gasteiger partial charge < -0.3 is 5.32 Å². The zero-order valence-corrected chi connectivity index (χ0v) is 8.36. The minimum Gasteiger partial charge on any atom is -0.316 e. The molecule has 1 N–H and O–H groups in total. The molecule has 1 fully saturated rings. The van der Waals surface area contributed by atoms with E-state index in [9.17, 15) is 4.79 Å². The van der Waals surface area contributed by atoms with Crippen LogP contribution in [0.1, 0.15) is 13.3 Å². The van der Waals surface area contributed by atoms with Gasteiger partial charge in [-0.3, -0.25) is 4.79 Å². The van der Waals surface area contributed by atoms with Crippen molar-refractivity contribution in [2.45, 2.75) is 13.3 Å². The van der Waals surface area contributed by atoms with Crippen molar-refractivity contribution >= 4 is 21.7 Å². The molecule has 11 heavy (non-hydrogen) atoms. The largest absolute Gasteiger partial charge is 0.316 e. The highest BCUT2D eigenvalue weighted by Crippen LogP contribution is 2.21. The van der Waals surface area contributed by atoms with Gasteiger partial charge in [-0.15, -0.1) is 0 Å². The van der Waals surface area contributed by atoms with E-state index in [0.717, 1.165) is 19.5 Å². The molecular weight excluding hydrogens is 206 g/mol. The van der Waals surface area contributed by atoms with Crippen LogP contribution in [0.3, 0.4) is 0 Å². The molecule has 0 aliphatic carbocycles. The fraction of sp³-hybridized carbons (Fsp3) is 0.875. The lowest BCUT2D eigenvalue weighted by atomic mass is 9.91. The summed E-state index contributed by atoms with van der Waals surface area (Å²) in [5.74, 6) is 1.18. The smallest absolute Gasteiger partial charge is 0.148 e. The predicted octanol–water partition coefficient (Wildman–Crippen LogP) is 1.20. The van der Waals surface area contributed by atoms with E-state index < -0.39 is 0 Å². The van der Waals surface area contributed by atoms with Gasteiger partial charge in [-0.25, -0.2) is 0 Å². The second-order valence-electron chi connectivity index (χ2n) is 3.03. The van der Waals surface area contributed by atoms with Crippen LogP contribution in [0.5, 0.6) is 0 Å². The van der Waals surface area contributed by atoms with Crippen LogP contribution in [0.4, 0.5) is 0 Å². The number of rotatable bonds is 3. The number of ketones is 1. The third-order valence-electron chi connectivity index (χ3n) is 2.41. The summed E-state index contributed by atoms with van der Waals surface area (Å²) in [6, 6.07) is 0. The second-order valence-corrected chi connectivity index (χ2v) is 3.59. The molecule has 0 aromatic heterocycles. The van der Waals surface area contributed by atoms with Gasteiger partial charge in [0.1, 0.15) is 5.78 Å². The SMILES string of the molecule is CCC1CNCC1C(=O)CBr. The van der Waals surface area contributed by atoms with Crippen LogP contribution in [-0.4, -0.2) is 24.2 Å². The number of alkyl halides is 1. The van der Waals surface area contributed by atoms with Gasteiger partial charge in [0.05, 0.1) is 5.33 Å². The average molecular weight is 220 g/mol. The summed E-state index contributed by atoms with van der Waals surface area (Å²) in [5, 5.41) is 3.76. The average Bonchev–Trinajstić information content (AvgIpc) is 2.50. The van der Waals surface area contributed by atoms with E-state index in [1.54, 1.807) is 0 Å². The summed E-state index contributed by atoms with van der Waals surface area (Å²) in [6.45, 7) is 4.04. The van der Waals surface area contributed by atoms with Gasteiger partial charge >= 0.3 is 0 Å². The minimum absolute atomic E-state index is 0.263. The van der Waals surface area contributed by atoms with Gasteiger partial charge in [-0.05, 0) is 12.5 Å². The molecule has 0 radical (unpaired) electrons. The standard InChI is InChI=1S/C8H14BrNO/c1-2-6-4-10-5-7(6)8(11)3-9/h6-7,10H,2-5H2,1H3. The van der Waals surface area contributed by atoms with Crippen molar-refractivity contribution in [2.75, 3.05) is 18.4 Å². The van der Waals surface area contributed by atoms with E-state index in [0.29, 0.717) is 17.0 Å². The molecular formula is C8H14BrNO. The number of halogens is 1. The molecule has 0 aromatic rings. The highest BCUT2D eigenvalue weighted by molar-refractivity contribution is 9.09. The van der Waals surface area contributed by atoms with Crippen LogP contribution >= 0.6 is 15.9 Å². The van der Waals surface area contributed by atoms with Crippen LogP contribution < -0.4 is 5.32 Å². The number of carbonyl (C=O) groups is 1. The number of carbonyl (C=O) groups excluding carboxylic acids is 1. The molecule has 0 aromatic carbocycles. The molecule has 3 heteroatoms. The lowest BCUT2D eigenvalue weighted by molar-refractivity contribution is -0.120. The Balaban J connectivity index is 2.49. The number of hydrogen-bond donors (Lipinski definition) is 1. The molecule has 0 bridgehead atoms. The van der Waals surface area contributed by atoms with Crippen LogP contribution in [0.25, 0.3) is 0 Å². The van der Waals surface area contributed by atoms with Crippen LogP contribution in [0, 0.1) is 11.8 Å². The third-order valence-corrected chi connectivity index (χ3v) is 2.96. The summed E-state index contributed by atoms with van der Waals surface area (Å²) >= 11 is 3.20. The Morgan fingerprint density at radius 3 is 2.91 bits per heavy atom. The third kappa shape index (κ3) is 2.03. The van der Waals surface area contributed by atoms with Gasteiger partial charge in [0, 0.05) is 12.5 Å². The van der Waals surface area contributed by atoms with E-state index in [1.807, 2.05) is 0 Å². The van der Waals surface area contributed by atoms with Crippen molar-refractivity contribution in [3.63, 3.8) is 0 Å². The number of Topliss-reactive ketones (excluding diaryl/α,β-unsaturated/α-hetero) is 1. The lowest BCUT2D eigenvalue weighted by Gasteiger charge is -2.13. The molecule has 0 spiro atoms. The van der Waals surface area contributed by atoms with Crippen molar-refractivity contribution in [1.82, 2.24) is 5.32 Å². The molecule has 1 aliphatic heterocycles. The molecule has 1 saturated heterocycles. The van der Waals surface area contributed by atoms with Crippen LogP contribution in [-0.2, 0) is 4.79 Å². The van der Waals surface area contributed by atoms with E-state index in [2.05, 4.69) is 28.2 Å². The van der Waals surface area contributed by atoms with Crippen molar-refractivity contribution in [2.24, 2.45) is 11.8 Å². The van der Waals surface area contributed by atoms with Crippen LogP contribution in [0.15, 0.2) is 0 Å². The maximum Gasteiger partial charge on any atom is 0.148 e. The molecule has 2 unspecified atom stereocenters. The highest BCUT2D eigenvalue weighted by atomic mass is 79.9. The maximum absolute atomic E-state index is 11.3. The Hall–Kier alpha value is 0.110. The molecule has 1 heterocycles. The Morgan fingerprint density at radius 2 is 2.36 bits per heavy atom. The number of hydrogen-bond acceptors (Lipinski definition) is 2. The Labute approximate surface area is 75.9 Å². The van der Waals surface area contributed by atoms with Crippen molar-refractivity contribution < 1.29 is 4.79 Å². The maximum atomic E-state index is 11.3. The van der Waals surface area contributed by atoms with Gasteiger partial charge in [0.15, 0.2) is 0 Å². The Bertz CT molecular complexity index is 149. The van der Waals surface area contributed by atoms with Gasteiger partial charge in [0.2, 0.25) is 0 Å². The van der Waals surface area contributed by atoms with Gasteiger partial charge in [-0.1, -0.05) is 29.3 Å². The first-order valence-electron chi connectivity index (χ1n) is 4.09. The molecule has 0 saturated carbocycles. The summed E-state index contributed by atoms with van der Waals surface area (Å²) in [7, 11) is 0.